The number of hydrogen-bond donors (Lipinski definition) is 0. The minimum absolute atomic E-state index is 0.120. The van der Waals surface area contributed by atoms with Gasteiger partial charge in [-0.25, -0.2) is 0 Å². The van der Waals surface area contributed by atoms with E-state index in [1.165, 1.54) is 4.40 Å². The molecule has 0 bridgehead atoms. The molecule has 0 fully saturated rings. The molecule has 1 aromatic carbocycles. The Morgan fingerprint density at radius 1 is 1.20 bits per heavy atom. The van der Waals surface area contributed by atoms with Gasteiger partial charge in [-0.3, -0.25) is 0 Å². The van der Waals surface area contributed by atoms with Crippen LogP contribution in [0.3, 0.4) is 0 Å². The average Bonchev–Trinajstić information content (AvgIpc) is 2.05. The Morgan fingerprint density at radius 3 is 2.20 bits per heavy atom. The van der Waals surface area contributed by atoms with Crippen LogP contribution < -0.4 is 9.13 Å². The molecule has 0 aromatic heterocycles. The van der Waals surface area contributed by atoms with Crippen LogP contribution in [0.5, 0.6) is 5.75 Å². The maximum absolute atomic E-state index is 5.03. The SMILES string of the molecule is COc1cc[c]([Ge][CH3])cc1. The fraction of sp³-hybridized carbons (Fsp3) is 0.250. The van der Waals surface area contributed by atoms with E-state index >= 15 is 0 Å². The van der Waals surface area contributed by atoms with E-state index in [0.717, 1.165) is 5.75 Å². The molecule has 10 heavy (non-hydrogen) atoms. The van der Waals surface area contributed by atoms with Gasteiger partial charge < -0.3 is 0 Å². The molecule has 0 amide bonds. The van der Waals surface area contributed by atoms with Crippen LogP contribution in [-0.4, -0.2) is 22.5 Å². The van der Waals surface area contributed by atoms with E-state index in [1.54, 1.807) is 7.11 Å². The van der Waals surface area contributed by atoms with Gasteiger partial charge in [-0.1, -0.05) is 0 Å². The molecule has 0 saturated carbocycles. The second-order valence-electron chi connectivity index (χ2n) is 1.98. The molecule has 0 aliphatic heterocycles. The van der Waals surface area contributed by atoms with Crippen LogP contribution in [0.2, 0.25) is 5.76 Å². The van der Waals surface area contributed by atoms with Crippen molar-refractivity contribution < 1.29 is 4.74 Å². The summed E-state index contributed by atoms with van der Waals surface area (Å²) >= 11 is 0.120. The predicted octanol–water partition coefficient (Wildman–Crippen LogP) is 1.07. The number of hydrogen-bond acceptors (Lipinski definition) is 1. The third kappa shape index (κ3) is 1.77. The molecule has 0 aliphatic rings. The number of methoxy groups -OCH3 is 1. The number of ether oxygens (including phenoxy) is 1. The second kappa shape index (κ2) is 3.66. The Hall–Kier alpha value is -0.437. The molecule has 1 rings (SSSR count). The summed E-state index contributed by atoms with van der Waals surface area (Å²) in [6.07, 6.45) is 0. The van der Waals surface area contributed by atoms with Gasteiger partial charge in [-0.05, 0) is 0 Å². The van der Waals surface area contributed by atoms with Crippen molar-refractivity contribution in [2.75, 3.05) is 7.11 Å². The minimum atomic E-state index is 0.120. The van der Waals surface area contributed by atoms with Gasteiger partial charge in [-0.2, -0.15) is 0 Å². The second-order valence-corrected chi connectivity index (χ2v) is 4.24. The molecule has 2 radical (unpaired) electrons. The molecule has 0 aliphatic carbocycles. The summed E-state index contributed by atoms with van der Waals surface area (Å²) in [4.78, 5) is 0. The first-order chi connectivity index (χ1) is 4.86. The van der Waals surface area contributed by atoms with E-state index in [1.807, 2.05) is 12.1 Å². The molecule has 0 atom stereocenters. The van der Waals surface area contributed by atoms with Crippen molar-refractivity contribution in [1.29, 1.82) is 0 Å². The van der Waals surface area contributed by atoms with E-state index in [9.17, 15) is 0 Å². The van der Waals surface area contributed by atoms with Crippen molar-refractivity contribution >= 4 is 19.8 Å². The topological polar surface area (TPSA) is 9.23 Å². The third-order valence-corrected chi connectivity index (χ3v) is 3.29. The van der Waals surface area contributed by atoms with Gasteiger partial charge in [0.25, 0.3) is 0 Å². The summed E-state index contributed by atoms with van der Waals surface area (Å²) in [5, 5.41) is 0. The van der Waals surface area contributed by atoms with E-state index in [2.05, 4.69) is 17.9 Å². The summed E-state index contributed by atoms with van der Waals surface area (Å²) in [6.45, 7) is 0. The van der Waals surface area contributed by atoms with Crippen molar-refractivity contribution in [2.24, 2.45) is 0 Å². The molecule has 52 valence electrons. The van der Waals surface area contributed by atoms with Gasteiger partial charge in [0.2, 0.25) is 0 Å². The van der Waals surface area contributed by atoms with Gasteiger partial charge in [0.1, 0.15) is 0 Å². The first-order valence-electron chi connectivity index (χ1n) is 3.18. The standard InChI is InChI=1S/C8H10GeO/c1-9-7-3-5-8(10-2)6-4-7/h3-6H,1-2H3. The van der Waals surface area contributed by atoms with Crippen LogP contribution in [0, 0.1) is 0 Å². The van der Waals surface area contributed by atoms with Crippen LogP contribution in [0.1, 0.15) is 0 Å². The summed E-state index contributed by atoms with van der Waals surface area (Å²) in [7, 11) is 1.69. The first-order valence-corrected chi connectivity index (χ1v) is 6.33. The molecule has 0 saturated heterocycles. The van der Waals surface area contributed by atoms with Crippen LogP contribution in [0.25, 0.3) is 0 Å². The molecule has 1 aromatic rings. The zero-order valence-corrected chi connectivity index (χ0v) is 8.32. The molecule has 0 unspecified atom stereocenters. The van der Waals surface area contributed by atoms with Crippen molar-refractivity contribution in [3.05, 3.63) is 24.3 Å². The number of rotatable bonds is 2. The average molecular weight is 195 g/mol. The monoisotopic (exact) mass is 196 g/mol. The Labute approximate surface area is 67.9 Å². The van der Waals surface area contributed by atoms with Crippen molar-refractivity contribution in [2.45, 2.75) is 5.76 Å². The molecule has 2 heteroatoms. The van der Waals surface area contributed by atoms with E-state index in [4.69, 9.17) is 4.74 Å². The van der Waals surface area contributed by atoms with E-state index in [-0.39, 0.29) is 15.4 Å². The van der Waals surface area contributed by atoms with Crippen molar-refractivity contribution in [1.82, 2.24) is 0 Å². The quantitative estimate of drug-likeness (QED) is 0.641. The van der Waals surface area contributed by atoms with Gasteiger partial charge in [0, 0.05) is 0 Å². The predicted molar refractivity (Wildman–Crippen MR) is 44.2 cm³/mol. The van der Waals surface area contributed by atoms with E-state index in [0.29, 0.717) is 0 Å². The summed E-state index contributed by atoms with van der Waals surface area (Å²) in [6, 6.07) is 8.31. The fourth-order valence-electron chi connectivity index (χ4n) is 0.758. The summed E-state index contributed by atoms with van der Waals surface area (Å²) in [5.74, 6) is 3.21. The van der Waals surface area contributed by atoms with Crippen LogP contribution >= 0.6 is 0 Å². The Balaban J connectivity index is 2.80. The van der Waals surface area contributed by atoms with Gasteiger partial charge >= 0.3 is 67.4 Å². The maximum atomic E-state index is 5.03. The number of benzene rings is 1. The molecular weight excluding hydrogens is 185 g/mol. The molecule has 0 spiro atoms. The molecule has 1 nitrogen and oxygen atoms in total. The molecule has 0 N–H and O–H groups in total. The fourth-order valence-corrected chi connectivity index (χ4v) is 1.81. The Kier molecular flexibility index (Phi) is 2.81. The third-order valence-electron chi connectivity index (χ3n) is 1.38. The van der Waals surface area contributed by atoms with Crippen molar-refractivity contribution in [3.8, 4) is 5.75 Å². The molecular formula is C8H10GeO. The van der Waals surface area contributed by atoms with Crippen molar-refractivity contribution in [3.63, 3.8) is 0 Å². The summed E-state index contributed by atoms with van der Waals surface area (Å²) < 4.78 is 6.50. The Bertz CT molecular complexity index is 170. The van der Waals surface area contributed by atoms with Gasteiger partial charge in [-0.15, -0.1) is 0 Å². The summed E-state index contributed by atoms with van der Waals surface area (Å²) in [5.41, 5.74) is 0. The first kappa shape index (κ1) is 7.67. The van der Waals surface area contributed by atoms with Crippen LogP contribution in [0.4, 0.5) is 0 Å². The zero-order valence-electron chi connectivity index (χ0n) is 6.22. The van der Waals surface area contributed by atoms with Crippen LogP contribution in [-0.2, 0) is 0 Å². The van der Waals surface area contributed by atoms with Crippen LogP contribution in [0.15, 0.2) is 24.3 Å². The zero-order chi connectivity index (χ0) is 7.40. The normalized spacial score (nSPS) is 9.40. The van der Waals surface area contributed by atoms with Gasteiger partial charge in [0.15, 0.2) is 0 Å². The van der Waals surface area contributed by atoms with Gasteiger partial charge in [0.05, 0.1) is 0 Å². The van der Waals surface area contributed by atoms with E-state index < -0.39 is 0 Å². The Morgan fingerprint density at radius 2 is 1.80 bits per heavy atom. The molecule has 0 heterocycles.